The Hall–Kier alpha value is -1.81. The fourth-order valence-electron chi connectivity index (χ4n) is 2.58. The van der Waals surface area contributed by atoms with Gasteiger partial charge in [-0.1, -0.05) is 6.07 Å². The lowest BCUT2D eigenvalue weighted by molar-refractivity contribution is 0.0952. The van der Waals surface area contributed by atoms with Crippen LogP contribution in [0.2, 0.25) is 0 Å². The molecule has 2 heterocycles. The molecule has 1 aliphatic rings. The van der Waals surface area contributed by atoms with Crippen molar-refractivity contribution in [2.75, 3.05) is 19.8 Å². The Kier molecular flexibility index (Phi) is 3.51. The van der Waals surface area contributed by atoms with Gasteiger partial charge in [-0.2, -0.15) is 0 Å². The Morgan fingerprint density at radius 2 is 2.37 bits per heavy atom. The van der Waals surface area contributed by atoms with Crippen molar-refractivity contribution in [3.63, 3.8) is 0 Å². The predicted octanol–water partition coefficient (Wildman–Crippen LogP) is 2.32. The number of aromatic nitrogens is 1. The second-order valence-corrected chi connectivity index (χ2v) is 5.02. The largest absolute Gasteiger partial charge is 0.381 e. The summed E-state index contributed by atoms with van der Waals surface area (Å²) in [7, 11) is 0. The summed E-state index contributed by atoms with van der Waals surface area (Å²) in [5, 5.41) is 3.98. The van der Waals surface area contributed by atoms with Gasteiger partial charge >= 0.3 is 0 Å². The fraction of sp³-hybridized carbons (Fsp3) is 0.400. The van der Waals surface area contributed by atoms with Crippen molar-refractivity contribution < 1.29 is 9.53 Å². The molecule has 1 aromatic heterocycles. The molecule has 3 rings (SSSR count). The number of amides is 1. The maximum Gasteiger partial charge on any atom is 0.251 e. The van der Waals surface area contributed by atoms with E-state index in [0.717, 1.165) is 42.5 Å². The number of aromatic amines is 1. The van der Waals surface area contributed by atoms with E-state index in [-0.39, 0.29) is 5.91 Å². The molecule has 1 aromatic carbocycles. The van der Waals surface area contributed by atoms with Gasteiger partial charge in [-0.15, -0.1) is 0 Å². The Balaban J connectivity index is 1.62. The predicted molar refractivity (Wildman–Crippen MR) is 74.2 cm³/mol. The quantitative estimate of drug-likeness (QED) is 0.884. The van der Waals surface area contributed by atoms with Crippen molar-refractivity contribution in [3.8, 4) is 0 Å². The van der Waals surface area contributed by atoms with Crippen molar-refractivity contribution in [2.24, 2.45) is 5.92 Å². The molecule has 1 fully saturated rings. The highest BCUT2D eigenvalue weighted by atomic mass is 16.5. The van der Waals surface area contributed by atoms with E-state index in [0.29, 0.717) is 12.5 Å². The van der Waals surface area contributed by atoms with Gasteiger partial charge in [-0.05, 0) is 37.0 Å². The Morgan fingerprint density at radius 1 is 1.42 bits per heavy atom. The van der Waals surface area contributed by atoms with Crippen molar-refractivity contribution in [2.45, 2.75) is 12.8 Å². The molecule has 100 valence electrons. The standard InChI is InChI=1S/C15H18N2O2/c18-15(17-7-4-11-6-9-19-10-11)13-2-1-3-14-12(13)5-8-16-14/h1-3,5,8,11,16H,4,6-7,9-10H2,(H,17,18). The van der Waals surface area contributed by atoms with E-state index in [9.17, 15) is 4.79 Å². The fourth-order valence-corrected chi connectivity index (χ4v) is 2.58. The molecule has 19 heavy (non-hydrogen) atoms. The summed E-state index contributed by atoms with van der Waals surface area (Å²) in [6.45, 7) is 2.41. The molecule has 4 nitrogen and oxygen atoms in total. The summed E-state index contributed by atoms with van der Waals surface area (Å²) >= 11 is 0. The molecule has 1 amide bonds. The highest BCUT2D eigenvalue weighted by molar-refractivity contribution is 6.06. The minimum atomic E-state index is 0.00381. The number of benzene rings is 1. The molecular formula is C15H18N2O2. The van der Waals surface area contributed by atoms with Crippen LogP contribution in [0, 0.1) is 5.92 Å². The number of hydrogen-bond acceptors (Lipinski definition) is 2. The lowest BCUT2D eigenvalue weighted by Gasteiger charge is -2.09. The normalized spacial score (nSPS) is 18.8. The average molecular weight is 258 g/mol. The number of carbonyl (C=O) groups excluding carboxylic acids is 1. The van der Waals surface area contributed by atoms with Crippen LogP contribution in [0.15, 0.2) is 30.5 Å². The Morgan fingerprint density at radius 3 is 3.21 bits per heavy atom. The van der Waals surface area contributed by atoms with Gasteiger partial charge in [0.1, 0.15) is 0 Å². The molecule has 1 saturated heterocycles. The van der Waals surface area contributed by atoms with Crippen molar-refractivity contribution >= 4 is 16.8 Å². The lowest BCUT2D eigenvalue weighted by Crippen LogP contribution is -2.26. The number of rotatable bonds is 4. The Bertz CT molecular complexity index is 570. The van der Waals surface area contributed by atoms with E-state index in [2.05, 4.69) is 10.3 Å². The summed E-state index contributed by atoms with van der Waals surface area (Å²) in [5.74, 6) is 0.604. The number of nitrogens with one attached hydrogen (secondary N) is 2. The summed E-state index contributed by atoms with van der Waals surface area (Å²) in [5.41, 5.74) is 1.73. The zero-order chi connectivity index (χ0) is 13.1. The molecule has 0 aliphatic carbocycles. The number of ether oxygens (including phenoxy) is 1. The van der Waals surface area contributed by atoms with Gasteiger partial charge in [0.2, 0.25) is 0 Å². The molecule has 0 spiro atoms. The molecule has 2 N–H and O–H groups in total. The summed E-state index contributed by atoms with van der Waals surface area (Å²) in [6, 6.07) is 7.68. The van der Waals surface area contributed by atoms with Crippen LogP contribution in [-0.2, 0) is 4.74 Å². The molecular weight excluding hydrogens is 240 g/mol. The van der Waals surface area contributed by atoms with Gasteiger partial charge in [0, 0.05) is 42.4 Å². The van der Waals surface area contributed by atoms with Gasteiger partial charge < -0.3 is 15.0 Å². The third-order valence-electron chi connectivity index (χ3n) is 3.70. The van der Waals surface area contributed by atoms with Gasteiger partial charge in [-0.3, -0.25) is 4.79 Å². The highest BCUT2D eigenvalue weighted by Crippen LogP contribution is 2.18. The van der Waals surface area contributed by atoms with Crippen LogP contribution in [0.1, 0.15) is 23.2 Å². The minimum absolute atomic E-state index is 0.00381. The zero-order valence-electron chi connectivity index (χ0n) is 10.8. The van der Waals surface area contributed by atoms with Crippen molar-refractivity contribution in [1.29, 1.82) is 0 Å². The first-order chi connectivity index (χ1) is 9.34. The first-order valence-electron chi connectivity index (χ1n) is 6.76. The van der Waals surface area contributed by atoms with Crippen LogP contribution in [0.5, 0.6) is 0 Å². The first kappa shape index (κ1) is 12.2. The number of carbonyl (C=O) groups is 1. The minimum Gasteiger partial charge on any atom is -0.381 e. The SMILES string of the molecule is O=C(NCCC1CCOC1)c1cccc2[nH]ccc12. The highest BCUT2D eigenvalue weighted by Gasteiger charge is 2.16. The van der Waals surface area contributed by atoms with E-state index in [1.54, 1.807) is 0 Å². The zero-order valence-corrected chi connectivity index (χ0v) is 10.8. The monoisotopic (exact) mass is 258 g/mol. The van der Waals surface area contributed by atoms with Gasteiger partial charge in [-0.25, -0.2) is 0 Å². The van der Waals surface area contributed by atoms with Gasteiger partial charge in [0.15, 0.2) is 0 Å². The van der Waals surface area contributed by atoms with E-state index in [1.807, 2.05) is 30.5 Å². The molecule has 0 bridgehead atoms. The molecule has 1 unspecified atom stereocenters. The van der Waals surface area contributed by atoms with E-state index in [4.69, 9.17) is 4.74 Å². The number of fused-ring (bicyclic) bond motifs is 1. The molecule has 1 atom stereocenters. The second-order valence-electron chi connectivity index (χ2n) is 5.02. The summed E-state index contributed by atoms with van der Waals surface area (Å²) < 4.78 is 5.33. The number of hydrogen-bond donors (Lipinski definition) is 2. The molecule has 4 heteroatoms. The number of H-pyrrole nitrogens is 1. The van der Waals surface area contributed by atoms with Crippen LogP contribution in [0.3, 0.4) is 0 Å². The molecule has 1 aliphatic heterocycles. The van der Waals surface area contributed by atoms with Crippen LogP contribution in [-0.4, -0.2) is 30.6 Å². The summed E-state index contributed by atoms with van der Waals surface area (Å²) in [4.78, 5) is 15.3. The lowest BCUT2D eigenvalue weighted by atomic mass is 10.1. The molecule has 0 radical (unpaired) electrons. The molecule has 0 saturated carbocycles. The van der Waals surface area contributed by atoms with E-state index < -0.39 is 0 Å². The van der Waals surface area contributed by atoms with E-state index >= 15 is 0 Å². The van der Waals surface area contributed by atoms with Crippen molar-refractivity contribution in [1.82, 2.24) is 10.3 Å². The van der Waals surface area contributed by atoms with Gasteiger partial charge in [0.25, 0.3) is 5.91 Å². The first-order valence-corrected chi connectivity index (χ1v) is 6.76. The maximum atomic E-state index is 12.2. The van der Waals surface area contributed by atoms with Crippen LogP contribution < -0.4 is 5.32 Å². The third kappa shape index (κ3) is 2.63. The topological polar surface area (TPSA) is 54.1 Å². The maximum absolute atomic E-state index is 12.2. The third-order valence-corrected chi connectivity index (χ3v) is 3.70. The van der Waals surface area contributed by atoms with Gasteiger partial charge in [0.05, 0.1) is 0 Å². The van der Waals surface area contributed by atoms with Crippen LogP contribution in [0.4, 0.5) is 0 Å². The average Bonchev–Trinajstić information content (AvgIpc) is 3.08. The molecule has 2 aromatic rings. The van der Waals surface area contributed by atoms with E-state index in [1.165, 1.54) is 0 Å². The summed E-state index contributed by atoms with van der Waals surface area (Å²) in [6.07, 6.45) is 3.97. The van der Waals surface area contributed by atoms with Crippen LogP contribution in [0.25, 0.3) is 10.9 Å². The van der Waals surface area contributed by atoms with Crippen LogP contribution >= 0.6 is 0 Å². The second kappa shape index (κ2) is 5.45. The smallest absolute Gasteiger partial charge is 0.251 e. The Labute approximate surface area is 112 Å². The van der Waals surface area contributed by atoms with Crippen molar-refractivity contribution in [3.05, 3.63) is 36.0 Å².